The van der Waals surface area contributed by atoms with Crippen LogP contribution in [-0.4, -0.2) is 33.9 Å². The molecule has 7 nitrogen and oxygen atoms in total. The van der Waals surface area contributed by atoms with E-state index in [-0.39, 0.29) is 12.2 Å². The highest BCUT2D eigenvalue weighted by Gasteiger charge is 2.35. The number of carbonyl (C=O) groups is 3. The first-order valence-electron chi connectivity index (χ1n) is 8.86. The zero-order valence-corrected chi connectivity index (χ0v) is 16.6. The Morgan fingerprint density at radius 3 is 2.50 bits per heavy atom. The number of benzene rings is 1. The van der Waals surface area contributed by atoms with Gasteiger partial charge in [0.2, 0.25) is 5.91 Å². The molecule has 0 radical (unpaired) electrons. The number of urea groups is 1. The number of rotatable bonds is 5. The average molecular weight is 401 g/mol. The van der Waals surface area contributed by atoms with E-state index in [2.05, 4.69) is 15.2 Å². The number of aromatic nitrogens is 1. The maximum Gasteiger partial charge on any atom is 0.329 e. The summed E-state index contributed by atoms with van der Waals surface area (Å²) in [7, 11) is 0. The van der Waals surface area contributed by atoms with Gasteiger partial charge >= 0.3 is 6.03 Å². The van der Waals surface area contributed by atoms with E-state index in [1.807, 2.05) is 26.8 Å². The maximum absolute atomic E-state index is 12.6. The van der Waals surface area contributed by atoms with Crippen molar-refractivity contribution in [2.45, 2.75) is 27.3 Å². The lowest BCUT2D eigenvalue weighted by molar-refractivity contribution is -0.127. The van der Waals surface area contributed by atoms with E-state index in [1.165, 1.54) is 0 Å². The lowest BCUT2D eigenvalue weighted by Crippen LogP contribution is -2.38. The summed E-state index contributed by atoms with van der Waals surface area (Å²) in [6.07, 6.45) is 1.64. The molecule has 146 valence electrons. The van der Waals surface area contributed by atoms with E-state index < -0.39 is 17.8 Å². The van der Waals surface area contributed by atoms with Crippen LogP contribution in [0.15, 0.2) is 36.0 Å². The summed E-state index contributed by atoms with van der Waals surface area (Å²) < 4.78 is 2.12. The molecule has 0 bridgehead atoms. The van der Waals surface area contributed by atoms with E-state index in [0.29, 0.717) is 10.7 Å². The molecule has 2 N–H and O–H groups in total. The number of halogens is 1. The second-order valence-electron chi connectivity index (χ2n) is 6.51. The molecule has 1 fully saturated rings. The van der Waals surface area contributed by atoms with E-state index in [9.17, 15) is 14.4 Å². The van der Waals surface area contributed by atoms with Gasteiger partial charge in [-0.15, -0.1) is 0 Å². The third kappa shape index (κ3) is 3.94. The van der Waals surface area contributed by atoms with Crippen molar-refractivity contribution in [1.29, 1.82) is 0 Å². The fraction of sp³-hybridized carbons (Fsp3) is 0.250. The fourth-order valence-corrected chi connectivity index (χ4v) is 3.33. The van der Waals surface area contributed by atoms with Crippen LogP contribution in [0.1, 0.15) is 23.9 Å². The molecule has 1 aromatic carbocycles. The number of nitrogens with one attached hydrogen (secondary N) is 2. The van der Waals surface area contributed by atoms with Crippen LogP contribution in [0.25, 0.3) is 6.08 Å². The number of aryl methyl sites for hydroxylation is 1. The second-order valence-corrected chi connectivity index (χ2v) is 6.94. The van der Waals surface area contributed by atoms with Gasteiger partial charge in [0.1, 0.15) is 12.2 Å². The Morgan fingerprint density at radius 2 is 1.89 bits per heavy atom. The molecule has 1 saturated heterocycles. The molecule has 0 aliphatic carbocycles. The number of hydrogen-bond acceptors (Lipinski definition) is 3. The van der Waals surface area contributed by atoms with Gasteiger partial charge in [-0.25, -0.2) is 9.69 Å². The molecule has 1 aliphatic heterocycles. The number of nitrogens with zero attached hydrogens (tertiary/aromatic N) is 2. The summed E-state index contributed by atoms with van der Waals surface area (Å²) >= 11 is 5.81. The van der Waals surface area contributed by atoms with E-state index in [1.54, 1.807) is 30.3 Å². The van der Waals surface area contributed by atoms with Crippen molar-refractivity contribution in [1.82, 2.24) is 14.8 Å². The van der Waals surface area contributed by atoms with Gasteiger partial charge in [-0.3, -0.25) is 9.59 Å². The van der Waals surface area contributed by atoms with Crippen LogP contribution in [0.2, 0.25) is 5.02 Å². The highest BCUT2D eigenvalue weighted by Crippen LogP contribution is 2.20. The quantitative estimate of drug-likeness (QED) is 0.596. The second kappa shape index (κ2) is 7.90. The van der Waals surface area contributed by atoms with E-state index >= 15 is 0 Å². The summed E-state index contributed by atoms with van der Waals surface area (Å²) in [5.74, 6) is -1.01. The van der Waals surface area contributed by atoms with Crippen molar-refractivity contribution >= 4 is 41.2 Å². The van der Waals surface area contributed by atoms with Gasteiger partial charge in [0.15, 0.2) is 0 Å². The molecule has 8 heteroatoms. The smallest absolute Gasteiger partial charge is 0.329 e. The molecule has 1 aromatic heterocycles. The molecule has 2 heterocycles. The number of hydrogen-bond donors (Lipinski definition) is 2. The average Bonchev–Trinajstić information content (AvgIpc) is 3.06. The molecule has 1 aliphatic rings. The van der Waals surface area contributed by atoms with Crippen LogP contribution in [0.5, 0.6) is 0 Å². The van der Waals surface area contributed by atoms with Crippen molar-refractivity contribution in [3.63, 3.8) is 0 Å². The Hall–Kier alpha value is -3.06. The van der Waals surface area contributed by atoms with Crippen LogP contribution in [0.3, 0.4) is 0 Å². The molecule has 2 aromatic rings. The zero-order valence-electron chi connectivity index (χ0n) is 15.9. The first-order valence-corrected chi connectivity index (χ1v) is 9.24. The lowest BCUT2D eigenvalue weighted by atomic mass is 10.2. The van der Waals surface area contributed by atoms with Gasteiger partial charge in [0.25, 0.3) is 5.91 Å². The first-order chi connectivity index (χ1) is 13.3. The topological polar surface area (TPSA) is 83.4 Å². The molecular formula is C20H21ClN4O3. The van der Waals surface area contributed by atoms with Crippen molar-refractivity contribution < 1.29 is 14.4 Å². The number of anilines is 1. The summed E-state index contributed by atoms with van der Waals surface area (Å²) in [6.45, 7) is 6.43. The summed E-state index contributed by atoms with van der Waals surface area (Å²) in [5, 5.41) is 5.73. The molecular weight excluding hydrogens is 380 g/mol. The first kappa shape index (κ1) is 19.7. The predicted molar refractivity (Wildman–Crippen MR) is 108 cm³/mol. The number of amides is 4. The zero-order chi connectivity index (χ0) is 20.4. The minimum absolute atomic E-state index is 0.153. The Bertz CT molecular complexity index is 976. The van der Waals surface area contributed by atoms with Crippen LogP contribution < -0.4 is 10.6 Å². The summed E-state index contributed by atoms with van der Waals surface area (Å²) in [4.78, 5) is 37.9. The fourth-order valence-electron chi connectivity index (χ4n) is 3.21. The molecule has 28 heavy (non-hydrogen) atoms. The normalized spacial score (nSPS) is 15.3. The molecule has 4 amide bonds. The van der Waals surface area contributed by atoms with Crippen LogP contribution in [0, 0.1) is 13.8 Å². The third-order valence-corrected chi connectivity index (χ3v) is 4.87. The van der Waals surface area contributed by atoms with Gasteiger partial charge in [0, 0.05) is 28.6 Å². The minimum Gasteiger partial charge on any atom is -0.349 e. The minimum atomic E-state index is -0.619. The van der Waals surface area contributed by atoms with Crippen LogP contribution in [-0.2, 0) is 16.1 Å². The SMILES string of the molecule is CCn1c(C)cc(C=C2NC(=O)N(CC(=O)Nc3ccc(Cl)cc3)C2=O)c1C. The van der Waals surface area contributed by atoms with Crippen molar-refractivity contribution in [3.8, 4) is 0 Å². The lowest BCUT2D eigenvalue weighted by Gasteiger charge is -2.12. The van der Waals surface area contributed by atoms with Crippen molar-refractivity contribution in [3.05, 3.63) is 58.0 Å². The highest BCUT2D eigenvalue weighted by molar-refractivity contribution is 6.30. The standard InChI is InChI=1S/C20H21ClN4O3/c1-4-24-12(2)9-14(13(24)3)10-17-19(27)25(20(28)23-17)11-18(26)22-16-7-5-15(21)6-8-16/h5-10H,4,11H2,1-3H3,(H,22,26)(H,23,28). The third-order valence-electron chi connectivity index (χ3n) is 4.62. The van der Waals surface area contributed by atoms with Crippen LogP contribution >= 0.6 is 11.6 Å². The monoisotopic (exact) mass is 400 g/mol. The maximum atomic E-state index is 12.6. The van der Waals surface area contributed by atoms with Crippen LogP contribution in [0.4, 0.5) is 10.5 Å². The van der Waals surface area contributed by atoms with Gasteiger partial charge in [-0.05, 0) is 62.7 Å². The van der Waals surface area contributed by atoms with Gasteiger partial charge in [-0.1, -0.05) is 11.6 Å². The molecule has 0 saturated carbocycles. The predicted octanol–water partition coefficient (Wildman–Crippen LogP) is 3.31. The molecule has 0 unspecified atom stereocenters. The largest absolute Gasteiger partial charge is 0.349 e. The Morgan fingerprint density at radius 1 is 1.21 bits per heavy atom. The number of carbonyl (C=O) groups excluding carboxylic acids is 3. The van der Waals surface area contributed by atoms with E-state index in [4.69, 9.17) is 11.6 Å². The molecule has 3 rings (SSSR count). The molecule has 0 spiro atoms. The molecule has 0 atom stereocenters. The van der Waals surface area contributed by atoms with Gasteiger partial charge in [0.05, 0.1) is 0 Å². The van der Waals surface area contributed by atoms with Crippen molar-refractivity contribution in [2.75, 3.05) is 11.9 Å². The summed E-state index contributed by atoms with van der Waals surface area (Å²) in [6, 6.07) is 7.90. The Labute approximate surface area is 168 Å². The van der Waals surface area contributed by atoms with Crippen molar-refractivity contribution in [2.24, 2.45) is 0 Å². The van der Waals surface area contributed by atoms with E-state index in [0.717, 1.165) is 28.4 Å². The van der Waals surface area contributed by atoms with Gasteiger partial charge in [-0.2, -0.15) is 0 Å². The Kier molecular flexibility index (Phi) is 5.56. The Balaban J connectivity index is 1.73. The summed E-state index contributed by atoms with van der Waals surface area (Å²) in [5.41, 5.74) is 3.62. The number of imide groups is 1. The van der Waals surface area contributed by atoms with Gasteiger partial charge < -0.3 is 15.2 Å². The highest BCUT2D eigenvalue weighted by atomic mass is 35.5.